The zero-order valence-corrected chi connectivity index (χ0v) is 19.4. The first-order chi connectivity index (χ1) is 13.9. The van der Waals surface area contributed by atoms with E-state index in [9.17, 15) is 9.90 Å². The van der Waals surface area contributed by atoms with Crippen LogP contribution in [0.3, 0.4) is 0 Å². The fourth-order valence-electron chi connectivity index (χ4n) is 2.87. The number of hydrogen-bond acceptors (Lipinski definition) is 4. The van der Waals surface area contributed by atoms with E-state index in [1.54, 1.807) is 18.2 Å². The predicted octanol–water partition coefficient (Wildman–Crippen LogP) is 7.00. The highest BCUT2D eigenvalue weighted by molar-refractivity contribution is 9.11. The maximum atomic E-state index is 12.1. The minimum Gasteiger partial charge on any atom is -0.493 e. The number of aromatic amines is 1. The number of nitrogens with one attached hydrogen (secondary N) is 1. The summed E-state index contributed by atoms with van der Waals surface area (Å²) in [6.07, 6.45) is 0. The molecule has 0 spiro atoms. The number of carbonyl (C=O) groups excluding carboxylic acids is 1. The molecular weight excluding hydrogens is 570 g/mol. The van der Waals surface area contributed by atoms with Crippen molar-refractivity contribution in [3.63, 3.8) is 0 Å². The highest BCUT2D eigenvalue weighted by atomic mass is 79.9. The van der Waals surface area contributed by atoms with Gasteiger partial charge in [-0.2, -0.15) is 0 Å². The lowest BCUT2D eigenvalue weighted by Gasteiger charge is -2.09. The molecule has 0 bridgehead atoms. The van der Waals surface area contributed by atoms with Crippen LogP contribution in [0.1, 0.15) is 0 Å². The Hall–Kier alpha value is -2.23. The highest BCUT2D eigenvalue weighted by Crippen LogP contribution is 2.37. The van der Waals surface area contributed by atoms with Gasteiger partial charge in [-0.3, -0.25) is 4.79 Å². The number of H-pyrrole nitrogens is 1. The van der Waals surface area contributed by atoms with E-state index >= 15 is 0 Å². The Labute approximate surface area is 190 Å². The molecule has 1 heterocycles. The van der Waals surface area contributed by atoms with Crippen molar-refractivity contribution < 1.29 is 14.6 Å². The Bertz CT molecular complexity index is 1280. The summed E-state index contributed by atoms with van der Waals surface area (Å²) >= 11 is 10.3. The molecule has 0 saturated carbocycles. The third kappa shape index (κ3) is 4.22. The standard InChI is InChI=1S/C20H12Br3N3O3/c21-11-2-4-13-10(7-11)1-6-16(18(13)23)29-9-17(27)25-26-19-14-8-12(22)3-5-15(14)24-20(19)28/h1-8,24,28H,9H2. The SMILES string of the molecule is O=C(COc1ccc2cc(Br)ccc2c1Br)N=Nc1c(O)[nH]c2ccc(Br)cc12. The van der Waals surface area contributed by atoms with Crippen molar-refractivity contribution in [1.82, 2.24) is 4.98 Å². The lowest BCUT2D eigenvalue weighted by Crippen LogP contribution is -2.08. The first-order valence-corrected chi connectivity index (χ1v) is 10.8. The van der Waals surface area contributed by atoms with Gasteiger partial charge in [-0.15, -0.1) is 10.2 Å². The lowest BCUT2D eigenvalue weighted by atomic mass is 10.1. The quantitative estimate of drug-likeness (QED) is 0.254. The molecule has 29 heavy (non-hydrogen) atoms. The fourth-order valence-corrected chi connectivity index (χ4v) is 4.21. The summed E-state index contributed by atoms with van der Waals surface area (Å²) in [5.74, 6) is -0.196. The molecule has 1 amide bonds. The number of halogens is 3. The van der Waals surface area contributed by atoms with Crippen molar-refractivity contribution in [2.75, 3.05) is 6.61 Å². The number of fused-ring (bicyclic) bond motifs is 2. The Morgan fingerprint density at radius 3 is 2.59 bits per heavy atom. The van der Waals surface area contributed by atoms with Crippen molar-refractivity contribution in [3.8, 4) is 11.6 Å². The van der Waals surface area contributed by atoms with Crippen molar-refractivity contribution >= 4 is 81.1 Å². The molecule has 9 heteroatoms. The number of aromatic nitrogens is 1. The van der Waals surface area contributed by atoms with Crippen LogP contribution in [0.25, 0.3) is 21.7 Å². The molecule has 1 aromatic heterocycles. The molecule has 0 aliphatic carbocycles. The van der Waals surface area contributed by atoms with E-state index in [1.165, 1.54) is 0 Å². The van der Waals surface area contributed by atoms with Crippen LogP contribution in [0.4, 0.5) is 5.69 Å². The third-order valence-corrected chi connectivity index (χ3v) is 6.01. The van der Waals surface area contributed by atoms with Crippen LogP contribution in [0.5, 0.6) is 11.6 Å². The number of rotatable bonds is 4. The molecule has 0 fully saturated rings. The summed E-state index contributed by atoms with van der Waals surface area (Å²) in [6, 6.07) is 15.0. The zero-order chi connectivity index (χ0) is 20.5. The average Bonchev–Trinajstić information content (AvgIpc) is 3.00. The summed E-state index contributed by atoms with van der Waals surface area (Å²) in [5.41, 5.74) is 0.891. The fraction of sp³-hybridized carbons (Fsp3) is 0.0500. The van der Waals surface area contributed by atoms with Crippen molar-refractivity contribution in [1.29, 1.82) is 0 Å². The summed E-state index contributed by atoms with van der Waals surface area (Å²) in [7, 11) is 0. The largest absolute Gasteiger partial charge is 0.493 e. The molecule has 0 atom stereocenters. The van der Waals surface area contributed by atoms with Gasteiger partial charge in [0, 0.05) is 14.3 Å². The van der Waals surface area contributed by atoms with Gasteiger partial charge in [-0.05, 0) is 63.1 Å². The van der Waals surface area contributed by atoms with Gasteiger partial charge < -0.3 is 14.8 Å². The number of hydrogen-bond donors (Lipinski definition) is 2. The summed E-state index contributed by atoms with van der Waals surface area (Å²) in [5, 5.41) is 20.3. The number of benzene rings is 3. The minimum atomic E-state index is -0.573. The number of amides is 1. The van der Waals surface area contributed by atoms with Crippen molar-refractivity contribution in [2.24, 2.45) is 10.2 Å². The third-order valence-electron chi connectivity index (χ3n) is 4.21. The molecule has 0 saturated heterocycles. The van der Waals surface area contributed by atoms with Crippen LogP contribution in [0.2, 0.25) is 0 Å². The van der Waals surface area contributed by atoms with Crippen LogP contribution >= 0.6 is 47.8 Å². The second-order valence-electron chi connectivity index (χ2n) is 6.14. The summed E-state index contributed by atoms with van der Waals surface area (Å²) in [6.45, 7) is -0.281. The number of carbonyl (C=O) groups is 1. The smallest absolute Gasteiger partial charge is 0.302 e. The van der Waals surface area contributed by atoms with Gasteiger partial charge in [0.2, 0.25) is 5.88 Å². The van der Waals surface area contributed by atoms with E-state index < -0.39 is 5.91 Å². The predicted molar refractivity (Wildman–Crippen MR) is 122 cm³/mol. The number of ether oxygens (including phenoxy) is 1. The highest BCUT2D eigenvalue weighted by Gasteiger charge is 2.12. The molecule has 146 valence electrons. The van der Waals surface area contributed by atoms with Gasteiger partial charge in [0.05, 0.1) is 9.99 Å². The molecule has 6 nitrogen and oxygen atoms in total. The van der Waals surface area contributed by atoms with E-state index in [0.29, 0.717) is 16.7 Å². The molecule has 4 rings (SSSR count). The van der Waals surface area contributed by atoms with E-state index in [0.717, 1.165) is 24.2 Å². The lowest BCUT2D eigenvalue weighted by molar-refractivity contribution is -0.120. The van der Waals surface area contributed by atoms with E-state index in [4.69, 9.17) is 4.74 Å². The Morgan fingerprint density at radius 1 is 1.00 bits per heavy atom. The molecule has 4 aromatic rings. The van der Waals surface area contributed by atoms with Crippen molar-refractivity contribution in [2.45, 2.75) is 0 Å². The molecule has 0 radical (unpaired) electrons. The van der Waals surface area contributed by atoms with E-state index in [2.05, 4.69) is 63.0 Å². The van der Waals surface area contributed by atoms with Crippen LogP contribution < -0.4 is 4.74 Å². The topological polar surface area (TPSA) is 87.0 Å². The van der Waals surface area contributed by atoms with Gasteiger partial charge in [0.25, 0.3) is 0 Å². The number of aromatic hydroxyl groups is 1. The van der Waals surface area contributed by atoms with Crippen LogP contribution in [-0.2, 0) is 4.79 Å². The minimum absolute atomic E-state index is 0.154. The van der Waals surface area contributed by atoms with Crippen LogP contribution in [0.15, 0.2) is 72.2 Å². The molecule has 3 aromatic carbocycles. The van der Waals surface area contributed by atoms with Crippen LogP contribution in [0, 0.1) is 0 Å². The number of nitrogens with zero attached hydrogens (tertiary/aromatic N) is 2. The Kier molecular flexibility index (Phi) is 5.71. The molecule has 0 aliphatic rings. The monoisotopic (exact) mass is 579 g/mol. The van der Waals surface area contributed by atoms with Gasteiger partial charge in [-0.1, -0.05) is 44.0 Å². The molecule has 2 N–H and O–H groups in total. The summed E-state index contributed by atoms with van der Waals surface area (Å²) < 4.78 is 8.16. The molecular formula is C20H12Br3N3O3. The maximum absolute atomic E-state index is 12.1. The van der Waals surface area contributed by atoms with Gasteiger partial charge in [-0.25, -0.2) is 0 Å². The van der Waals surface area contributed by atoms with Crippen molar-refractivity contribution in [3.05, 3.63) is 61.9 Å². The van der Waals surface area contributed by atoms with Crippen LogP contribution in [-0.4, -0.2) is 22.6 Å². The Morgan fingerprint density at radius 2 is 1.76 bits per heavy atom. The second-order valence-corrected chi connectivity index (χ2v) is 8.76. The summed E-state index contributed by atoms with van der Waals surface area (Å²) in [4.78, 5) is 14.9. The zero-order valence-electron chi connectivity index (χ0n) is 14.6. The normalized spacial score (nSPS) is 11.6. The van der Waals surface area contributed by atoms with E-state index in [-0.39, 0.29) is 18.2 Å². The average molecular weight is 582 g/mol. The first kappa shape index (κ1) is 20.1. The Balaban J connectivity index is 1.50. The molecule has 0 aliphatic heterocycles. The second kappa shape index (κ2) is 8.25. The van der Waals surface area contributed by atoms with Gasteiger partial charge in [0.1, 0.15) is 5.75 Å². The first-order valence-electron chi connectivity index (χ1n) is 8.37. The van der Waals surface area contributed by atoms with Gasteiger partial charge >= 0.3 is 5.91 Å². The van der Waals surface area contributed by atoms with E-state index in [1.807, 2.05) is 30.3 Å². The maximum Gasteiger partial charge on any atom is 0.302 e. The number of azo groups is 1. The molecule has 0 unspecified atom stereocenters. The van der Waals surface area contributed by atoms with Gasteiger partial charge in [0.15, 0.2) is 12.3 Å².